The van der Waals surface area contributed by atoms with Crippen molar-refractivity contribution in [3.8, 4) is 0 Å². The van der Waals surface area contributed by atoms with Gasteiger partial charge in [0.1, 0.15) is 10.6 Å². The van der Waals surface area contributed by atoms with Crippen LogP contribution in [0, 0.1) is 20.8 Å². The molecule has 0 fully saturated rings. The molecule has 0 spiro atoms. The Labute approximate surface area is 157 Å². The molecular formula is C17H17N3O4S2. The summed E-state index contributed by atoms with van der Waals surface area (Å²) in [5, 5.41) is 12.3. The number of thiazole rings is 1. The molecule has 0 radical (unpaired) electrons. The van der Waals surface area contributed by atoms with Crippen molar-refractivity contribution < 1.29 is 14.7 Å². The van der Waals surface area contributed by atoms with Crippen LogP contribution in [-0.4, -0.2) is 26.4 Å². The first-order chi connectivity index (χ1) is 12.3. The number of anilines is 1. The van der Waals surface area contributed by atoms with Crippen LogP contribution in [0.15, 0.2) is 11.0 Å². The summed E-state index contributed by atoms with van der Waals surface area (Å²) < 4.78 is 1.41. The molecule has 3 aromatic heterocycles. The number of hydrogen-bond donors (Lipinski definition) is 2. The summed E-state index contributed by atoms with van der Waals surface area (Å²) in [7, 11) is 0. The Bertz CT molecular complexity index is 1110. The first-order valence-electron chi connectivity index (χ1n) is 7.90. The van der Waals surface area contributed by atoms with Crippen molar-refractivity contribution in [2.75, 3.05) is 5.32 Å². The summed E-state index contributed by atoms with van der Waals surface area (Å²) in [5.41, 5.74) is 0.926. The second-order valence-electron chi connectivity index (χ2n) is 5.79. The lowest BCUT2D eigenvalue weighted by Gasteiger charge is -2.05. The minimum Gasteiger partial charge on any atom is -0.478 e. The monoisotopic (exact) mass is 391 g/mol. The van der Waals surface area contributed by atoms with E-state index < -0.39 is 17.4 Å². The number of aromatic nitrogens is 2. The van der Waals surface area contributed by atoms with Crippen molar-refractivity contribution in [1.29, 1.82) is 0 Å². The van der Waals surface area contributed by atoms with Crippen molar-refractivity contribution in [2.24, 2.45) is 0 Å². The molecule has 9 heteroatoms. The number of nitrogens with one attached hydrogen (secondary N) is 1. The number of fused-ring (bicyclic) bond motifs is 1. The average Bonchev–Trinajstić information content (AvgIpc) is 3.04. The van der Waals surface area contributed by atoms with Gasteiger partial charge < -0.3 is 10.4 Å². The van der Waals surface area contributed by atoms with Crippen LogP contribution in [0.25, 0.3) is 4.96 Å². The van der Waals surface area contributed by atoms with Crippen LogP contribution >= 0.6 is 22.7 Å². The maximum Gasteiger partial charge on any atom is 0.339 e. The summed E-state index contributed by atoms with van der Waals surface area (Å²) in [5.74, 6) is -1.76. The van der Waals surface area contributed by atoms with E-state index in [1.165, 1.54) is 33.3 Å². The molecule has 26 heavy (non-hydrogen) atoms. The Kier molecular flexibility index (Phi) is 4.68. The first kappa shape index (κ1) is 18.3. The molecule has 0 aliphatic rings. The zero-order valence-electron chi connectivity index (χ0n) is 14.7. The minimum atomic E-state index is -1.10. The molecule has 0 aliphatic carbocycles. The molecule has 3 rings (SSSR count). The number of hydrogen-bond acceptors (Lipinski definition) is 6. The molecule has 3 aromatic rings. The summed E-state index contributed by atoms with van der Waals surface area (Å²) >= 11 is 2.57. The molecule has 0 bridgehead atoms. The number of carboxylic acids is 1. The molecular weight excluding hydrogens is 374 g/mol. The third kappa shape index (κ3) is 2.82. The van der Waals surface area contributed by atoms with E-state index in [1.807, 2.05) is 20.8 Å². The van der Waals surface area contributed by atoms with Crippen molar-refractivity contribution in [3.63, 3.8) is 0 Å². The number of rotatable bonds is 4. The van der Waals surface area contributed by atoms with E-state index in [-0.39, 0.29) is 16.1 Å². The van der Waals surface area contributed by atoms with Crippen LogP contribution in [0.4, 0.5) is 5.00 Å². The van der Waals surface area contributed by atoms with Gasteiger partial charge in [0.05, 0.1) is 5.56 Å². The third-order valence-electron chi connectivity index (χ3n) is 4.27. The van der Waals surface area contributed by atoms with Gasteiger partial charge in [-0.15, -0.1) is 22.7 Å². The highest BCUT2D eigenvalue weighted by atomic mass is 32.1. The van der Waals surface area contributed by atoms with Gasteiger partial charge in [0, 0.05) is 21.6 Å². The molecule has 7 nitrogen and oxygen atoms in total. The highest BCUT2D eigenvalue weighted by molar-refractivity contribution is 7.17. The van der Waals surface area contributed by atoms with Crippen LogP contribution in [0.5, 0.6) is 0 Å². The number of nitrogens with zero attached hydrogens (tertiary/aromatic N) is 2. The zero-order valence-corrected chi connectivity index (χ0v) is 16.3. The van der Waals surface area contributed by atoms with E-state index >= 15 is 0 Å². The number of amides is 1. The van der Waals surface area contributed by atoms with Gasteiger partial charge in [-0.2, -0.15) is 0 Å². The van der Waals surface area contributed by atoms with Gasteiger partial charge in [0.15, 0.2) is 4.96 Å². The largest absolute Gasteiger partial charge is 0.478 e. The van der Waals surface area contributed by atoms with Gasteiger partial charge in [-0.05, 0) is 32.8 Å². The van der Waals surface area contributed by atoms with E-state index in [2.05, 4.69) is 10.3 Å². The van der Waals surface area contributed by atoms with Crippen molar-refractivity contribution >= 4 is 44.5 Å². The minimum absolute atomic E-state index is 0.0834. The summed E-state index contributed by atoms with van der Waals surface area (Å²) in [6, 6.07) is 0. The SMILES string of the molecule is CCc1c(C)sc(NC(=O)c2cnc3sc(C)c(C)n3c2=O)c1C(=O)O. The second kappa shape index (κ2) is 6.65. The Hall–Kier alpha value is -2.52. The quantitative estimate of drug-likeness (QED) is 0.711. The molecule has 0 saturated heterocycles. The molecule has 1 amide bonds. The van der Waals surface area contributed by atoms with E-state index in [9.17, 15) is 19.5 Å². The molecule has 3 heterocycles. The average molecular weight is 391 g/mol. The number of carboxylic acid groups (broad SMARTS) is 1. The Balaban J connectivity index is 2.06. The van der Waals surface area contributed by atoms with E-state index in [0.717, 1.165) is 15.4 Å². The number of carbonyl (C=O) groups excluding carboxylic acids is 1. The molecule has 2 N–H and O–H groups in total. The van der Waals surface area contributed by atoms with Crippen LogP contribution in [0.3, 0.4) is 0 Å². The van der Waals surface area contributed by atoms with E-state index in [4.69, 9.17) is 0 Å². The highest BCUT2D eigenvalue weighted by Crippen LogP contribution is 2.33. The molecule has 0 aliphatic heterocycles. The van der Waals surface area contributed by atoms with Crippen LogP contribution in [0.1, 0.15) is 48.7 Å². The van der Waals surface area contributed by atoms with Gasteiger partial charge in [-0.1, -0.05) is 6.92 Å². The lowest BCUT2D eigenvalue weighted by Crippen LogP contribution is -2.27. The molecule has 136 valence electrons. The Morgan fingerprint density at radius 1 is 1.23 bits per heavy atom. The fourth-order valence-corrected chi connectivity index (χ4v) is 4.88. The van der Waals surface area contributed by atoms with Crippen molar-refractivity contribution in [1.82, 2.24) is 9.38 Å². The Morgan fingerprint density at radius 3 is 2.54 bits per heavy atom. The summed E-state index contributed by atoms with van der Waals surface area (Å²) in [6.45, 7) is 7.35. The molecule has 0 saturated carbocycles. The van der Waals surface area contributed by atoms with Crippen LogP contribution < -0.4 is 10.9 Å². The predicted octanol–water partition coefficient (Wildman–Crippen LogP) is 3.26. The van der Waals surface area contributed by atoms with E-state index in [0.29, 0.717) is 16.9 Å². The third-order valence-corrected chi connectivity index (χ3v) is 6.40. The molecule has 0 aromatic carbocycles. The number of carbonyl (C=O) groups is 2. The lowest BCUT2D eigenvalue weighted by molar-refractivity contribution is 0.0697. The maximum absolute atomic E-state index is 12.7. The lowest BCUT2D eigenvalue weighted by atomic mass is 10.1. The van der Waals surface area contributed by atoms with Gasteiger partial charge in [-0.3, -0.25) is 14.0 Å². The van der Waals surface area contributed by atoms with Crippen LogP contribution in [0.2, 0.25) is 0 Å². The zero-order chi connectivity index (χ0) is 19.2. The summed E-state index contributed by atoms with van der Waals surface area (Å²) in [4.78, 5) is 43.4. The van der Waals surface area contributed by atoms with Crippen LogP contribution in [-0.2, 0) is 6.42 Å². The fraction of sp³-hybridized carbons (Fsp3) is 0.294. The summed E-state index contributed by atoms with van der Waals surface area (Å²) in [6.07, 6.45) is 1.79. The smallest absolute Gasteiger partial charge is 0.339 e. The van der Waals surface area contributed by atoms with E-state index in [1.54, 1.807) is 6.92 Å². The number of aryl methyl sites for hydroxylation is 3. The van der Waals surface area contributed by atoms with Gasteiger partial charge in [0.25, 0.3) is 11.5 Å². The van der Waals surface area contributed by atoms with Gasteiger partial charge in [-0.25, -0.2) is 9.78 Å². The number of aromatic carboxylic acids is 1. The maximum atomic E-state index is 12.7. The first-order valence-corrected chi connectivity index (χ1v) is 9.54. The normalized spacial score (nSPS) is 11.1. The second-order valence-corrected chi connectivity index (χ2v) is 8.20. The van der Waals surface area contributed by atoms with Gasteiger partial charge >= 0.3 is 5.97 Å². The topological polar surface area (TPSA) is 101 Å². The highest BCUT2D eigenvalue weighted by Gasteiger charge is 2.24. The predicted molar refractivity (Wildman–Crippen MR) is 102 cm³/mol. The Morgan fingerprint density at radius 2 is 1.92 bits per heavy atom. The van der Waals surface area contributed by atoms with Gasteiger partial charge in [0.2, 0.25) is 0 Å². The fourth-order valence-electron chi connectivity index (χ4n) is 2.82. The number of thiophene rings is 1. The molecule has 0 atom stereocenters. The molecule has 0 unspecified atom stereocenters. The standard InChI is InChI=1S/C17H17N3O4S2/c1-5-10-9(4)25-14(12(10)16(23)24)19-13(21)11-6-18-17-20(15(11)22)7(2)8(3)26-17/h6H,5H2,1-4H3,(H,19,21)(H,23,24). The van der Waals surface area contributed by atoms with Crippen molar-refractivity contribution in [2.45, 2.75) is 34.1 Å². The van der Waals surface area contributed by atoms with Crippen molar-refractivity contribution in [3.05, 3.63) is 48.7 Å².